The second-order valence-corrected chi connectivity index (χ2v) is 5.79. The van der Waals surface area contributed by atoms with Gasteiger partial charge in [0.15, 0.2) is 0 Å². The molecule has 100 valence electrons. The molecule has 0 aromatic heterocycles. The average molecular weight is 253 g/mol. The summed E-state index contributed by atoms with van der Waals surface area (Å²) in [5, 5.41) is 9.20. The van der Waals surface area contributed by atoms with E-state index in [1.807, 2.05) is 33.8 Å². The minimum absolute atomic E-state index is 0.444. The molecule has 18 heavy (non-hydrogen) atoms. The first-order valence-electron chi connectivity index (χ1n) is 6.31. The molecule has 0 aromatic rings. The highest BCUT2D eigenvalue weighted by Crippen LogP contribution is 2.39. The first kappa shape index (κ1) is 13.4. The zero-order valence-electron chi connectivity index (χ0n) is 11.4. The Morgan fingerprint density at radius 2 is 1.89 bits per heavy atom. The lowest BCUT2D eigenvalue weighted by molar-refractivity contribution is 0.00578. The van der Waals surface area contributed by atoms with E-state index in [0.29, 0.717) is 12.1 Å². The van der Waals surface area contributed by atoms with Crippen molar-refractivity contribution in [2.45, 2.75) is 51.7 Å². The van der Waals surface area contributed by atoms with E-state index in [0.717, 1.165) is 12.8 Å². The van der Waals surface area contributed by atoms with Gasteiger partial charge >= 0.3 is 13.2 Å². The van der Waals surface area contributed by atoms with Gasteiger partial charge in [-0.3, -0.25) is 4.90 Å². The Labute approximate surface area is 108 Å². The van der Waals surface area contributed by atoms with Crippen molar-refractivity contribution in [3.63, 3.8) is 0 Å². The van der Waals surface area contributed by atoms with Crippen LogP contribution >= 0.6 is 0 Å². The van der Waals surface area contributed by atoms with Crippen molar-refractivity contribution in [2.75, 3.05) is 6.54 Å². The van der Waals surface area contributed by atoms with Crippen LogP contribution in [0.1, 0.15) is 40.5 Å². The topological polar surface area (TPSA) is 59.0 Å². The molecule has 0 bridgehead atoms. The van der Waals surface area contributed by atoms with Crippen molar-refractivity contribution in [2.24, 2.45) is 0 Å². The monoisotopic (exact) mass is 253 g/mol. The average Bonchev–Trinajstić information content (AvgIpc) is 2.48. The second-order valence-electron chi connectivity index (χ2n) is 5.79. The minimum Gasteiger partial charge on any atom is -0.465 e. The molecule has 2 heterocycles. The van der Waals surface area contributed by atoms with Gasteiger partial charge in [-0.1, -0.05) is 6.08 Å². The number of nitrogens with zero attached hydrogens (tertiary/aromatic N) is 1. The van der Waals surface area contributed by atoms with Gasteiger partial charge < -0.3 is 14.4 Å². The highest BCUT2D eigenvalue weighted by atomic mass is 16.7. The van der Waals surface area contributed by atoms with E-state index in [-0.39, 0.29) is 0 Å². The fourth-order valence-corrected chi connectivity index (χ4v) is 2.13. The molecular weight excluding hydrogens is 233 g/mol. The number of carboxylic acid groups (broad SMARTS) is 1. The summed E-state index contributed by atoms with van der Waals surface area (Å²) in [6.45, 7) is 8.34. The van der Waals surface area contributed by atoms with Crippen LogP contribution in [0.25, 0.3) is 0 Å². The molecular formula is C12H20BNO4. The number of hydrogen-bond acceptors (Lipinski definition) is 3. The Hall–Kier alpha value is -1.01. The molecule has 1 saturated heterocycles. The quantitative estimate of drug-likeness (QED) is 0.728. The van der Waals surface area contributed by atoms with Gasteiger partial charge in [-0.2, -0.15) is 0 Å². The smallest absolute Gasteiger partial charge is 0.465 e. The van der Waals surface area contributed by atoms with Crippen LogP contribution in [0.3, 0.4) is 0 Å². The van der Waals surface area contributed by atoms with Gasteiger partial charge in [0, 0.05) is 6.54 Å². The van der Waals surface area contributed by atoms with E-state index >= 15 is 0 Å². The van der Waals surface area contributed by atoms with Crippen LogP contribution < -0.4 is 0 Å². The van der Waals surface area contributed by atoms with Crippen LogP contribution in [-0.4, -0.2) is 41.0 Å². The molecule has 0 saturated carbocycles. The van der Waals surface area contributed by atoms with Crippen molar-refractivity contribution in [3.8, 4) is 0 Å². The maximum absolute atomic E-state index is 11.2. The lowest BCUT2D eigenvalue weighted by atomic mass is 9.81. The van der Waals surface area contributed by atoms with Gasteiger partial charge in [0.2, 0.25) is 0 Å². The fraction of sp³-hybridized carbons (Fsp3) is 0.750. The highest BCUT2D eigenvalue weighted by Gasteiger charge is 2.54. The molecule has 2 aliphatic heterocycles. The summed E-state index contributed by atoms with van der Waals surface area (Å²) in [5.74, 6) is 0. The molecule has 0 atom stereocenters. The van der Waals surface area contributed by atoms with Crippen molar-refractivity contribution in [1.29, 1.82) is 0 Å². The largest absolute Gasteiger partial charge is 0.512 e. The molecule has 6 heteroatoms. The zero-order chi connectivity index (χ0) is 13.6. The zero-order valence-corrected chi connectivity index (χ0v) is 11.4. The van der Waals surface area contributed by atoms with Crippen LogP contribution in [0, 0.1) is 0 Å². The summed E-state index contributed by atoms with van der Waals surface area (Å²) in [6.07, 6.45) is 2.66. The Kier molecular flexibility index (Phi) is 3.19. The van der Waals surface area contributed by atoms with Gasteiger partial charge in [0.25, 0.3) is 0 Å². The highest BCUT2D eigenvalue weighted by molar-refractivity contribution is 6.54. The summed E-state index contributed by atoms with van der Waals surface area (Å²) in [4.78, 5) is 12.5. The molecule has 0 radical (unpaired) electrons. The lowest BCUT2D eigenvalue weighted by Gasteiger charge is -2.32. The van der Waals surface area contributed by atoms with E-state index in [4.69, 9.17) is 9.31 Å². The van der Waals surface area contributed by atoms with Crippen LogP contribution in [0.15, 0.2) is 11.7 Å². The molecule has 2 aliphatic rings. The molecule has 2 rings (SSSR count). The molecule has 1 amide bonds. The summed E-state index contributed by atoms with van der Waals surface area (Å²) in [6, 6.07) is 0. The van der Waals surface area contributed by atoms with Crippen molar-refractivity contribution < 1.29 is 19.2 Å². The minimum atomic E-state index is -0.948. The van der Waals surface area contributed by atoms with Crippen molar-refractivity contribution in [1.82, 2.24) is 4.90 Å². The van der Waals surface area contributed by atoms with Crippen LogP contribution in [0.4, 0.5) is 4.79 Å². The Bertz CT molecular complexity index is 376. The summed E-state index contributed by atoms with van der Waals surface area (Å²) in [5.41, 5.74) is -0.271. The van der Waals surface area contributed by atoms with Gasteiger partial charge in [-0.25, -0.2) is 4.79 Å². The molecule has 1 fully saturated rings. The van der Waals surface area contributed by atoms with Gasteiger partial charge in [-0.15, -0.1) is 0 Å². The van der Waals surface area contributed by atoms with E-state index in [1.165, 1.54) is 4.90 Å². The van der Waals surface area contributed by atoms with Crippen molar-refractivity contribution in [3.05, 3.63) is 11.7 Å². The lowest BCUT2D eigenvalue weighted by Crippen LogP contribution is -2.41. The number of amides is 1. The first-order chi connectivity index (χ1) is 8.24. The predicted molar refractivity (Wildman–Crippen MR) is 68.1 cm³/mol. The molecule has 5 nitrogen and oxygen atoms in total. The molecule has 0 unspecified atom stereocenters. The van der Waals surface area contributed by atoms with E-state index in [9.17, 15) is 9.90 Å². The van der Waals surface area contributed by atoms with Crippen LogP contribution in [-0.2, 0) is 9.31 Å². The fourth-order valence-electron chi connectivity index (χ4n) is 2.13. The van der Waals surface area contributed by atoms with Crippen LogP contribution in [0.2, 0.25) is 0 Å². The Balaban J connectivity index is 2.23. The Morgan fingerprint density at radius 1 is 1.33 bits per heavy atom. The van der Waals surface area contributed by atoms with E-state index < -0.39 is 24.4 Å². The SMILES string of the molecule is CC1(C)OB(C2=CCCCN2C(=O)O)OC1(C)C. The number of hydrogen-bond donors (Lipinski definition) is 1. The van der Waals surface area contributed by atoms with Gasteiger partial charge in [-0.05, 0) is 40.5 Å². The summed E-state index contributed by atoms with van der Waals surface area (Å²) >= 11 is 0. The first-order valence-corrected chi connectivity index (χ1v) is 6.31. The number of carbonyl (C=O) groups is 1. The Morgan fingerprint density at radius 3 is 2.39 bits per heavy atom. The molecule has 0 aliphatic carbocycles. The van der Waals surface area contributed by atoms with Gasteiger partial charge in [0.05, 0.1) is 16.8 Å². The third-order valence-corrected chi connectivity index (χ3v) is 3.98. The summed E-state index contributed by atoms with van der Waals surface area (Å²) in [7, 11) is -0.591. The van der Waals surface area contributed by atoms with Crippen molar-refractivity contribution >= 4 is 13.2 Å². The summed E-state index contributed by atoms with van der Waals surface area (Å²) < 4.78 is 11.8. The van der Waals surface area contributed by atoms with Gasteiger partial charge in [0.1, 0.15) is 0 Å². The maximum Gasteiger partial charge on any atom is 0.512 e. The maximum atomic E-state index is 11.2. The molecule has 0 spiro atoms. The normalized spacial score (nSPS) is 26.1. The third-order valence-electron chi connectivity index (χ3n) is 3.98. The molecule has 1 N–H and O–H groups in total. The number of rotatable bonds is 1. The predicted octanol–water partition coefficient (Wildman–Crippen LogP) is 2.28. The standard InChI is InChI=1S/C12H20BNO4/c1-11(2)12(3,4)18-13(17-11)9-7-5-6-8-14(9)10(15)16/h7H,5-6,8H2,1-4H3,(H,15,16). The van der Waals surface area contributed by atoms with Crippen LogP contribution in [0.5, 0.6) is 0 Å². The number of allylic oxidation sites excluding steroid dienone is 1. The van der Waals surface area contributed by atoms with E-state index in [2.05, 4.69) is 0 Å². The second kappa shape index (κ2) is 4.28. The third kappa shape index (κ3) is 2.15. The molecule has 0 aromatic carbocycles. The van der Waals surface area contributed by atoms with E-state index in [1.54, 1.807) is 0 Å².